The standard InChI is InChI=1S/C29H24IN3O7/c1-33-22-13-23(35)21(28(37)38)12-20(22)25(30)26(33)15-5-7-16(8-6-15)27(36)32-29(39)31-18-4-2-3-17(11-18)24-10-9-19(14-34)40-24/h2-13,20,22,34-35H,14H2,1H3,(H,37,38)(H2,31,32,36,39). The summed E-state index contributed by atoms with van der Waals surface area (Å²) in [5, 5.41) is 33.7. The second kappa shape index (κ2) is 11.0. The van der Waals surface area contributed by atoms with Crippen LogP contribution >= 0.6 is 22.6 Å². The van der Waals surface area contributed by atoms with Gasteiger partial charge in [-0.1, -0.05) is 30.3 Å². The van der Waals surface area contributed by atoms with Gasteiger partial charge in [0.25, 0.3) is 5.91 Å². The summed E-state index contributed by atoms with van der Waals surface area (Å²) in [6, 6.07) is 16.1. The van der Waals surface area contributed by atoms with E-state index in [-0.39, 0.29) is 35.5 Å². The Morgan fingerprint density at radius 3 is 2.45 bits per heavy atom. The molecule has 2 unspecified atom stereocenters. The van der Waals surface area contributed by atoms with E-state index in [2.05, 4.69) is 33.2 Å². The lowest BCUT2D eigenvalue weighted by Gasteiger charge is -2.28. The Morgan fingerprint density at radius 2 is 1.77 bits per heavy atom. The average molecular weight is 653 g/mol. The van der Waals surface area contributed by atoms with Gasteiger partial charge in [0, 0.05) is 33.4 Å². The third-order valence-electron chi connectivity index (χ3n) is 6.74. The van der Waals surface area contributed by atoms with Crippen LogP contribution < -0.4 is 10.6 Å². The van der Waals surface area contributed by atoms with Crippen molar-refractivity contribution in [3.63, 3.8) is 0 Å². The number of benzene rings is 2. The molecule has 2 heterocycles. The van der Waals surface area contributed by atoms with Crippen molar-refractivity contribution in [2.24, 2.45) is 5.92 Å². The van der Waals surface area contributed by atoms with E-state index in [1.165, 1.54) is 6.08 Å². The summed E-state index contributed by atoms with van der Waals surface area (Å²) in [7, 11) is 1.86. The monoisotopic (exact) mass is 653 g/mol. The van der Waals surface area contributed by atoms with Gasteiger partial charge in [-0.2, -0.15) is 0 Å². The molecule has 3 aromatic rings. The number of nitrogens with zero attached hydrogens (tertiary/aromatic N) is 1. The fraction of sp³-hybridized carbons (Fsp3) is 0.138. The lowest BCUT2D eigenvalue weighted by Crippen LogP contribution is -2.34. The van der Waals surface area contributed by atoms with Gasteiger partial charge in [0.15, 0.2) is 0 Å². The summed E-state index contributed by atoms with van der Waals surface area (Å²) in [4.78, 5) is 38.7. The number of likely N-dealkylation sites (N-methyl/N-ethyl adjacent to an activating group) is 1. The molecule has 2 aromatic carbocycles. The molecular weight excluding hydrogens is 629 g/mol. The van der Waals surface area contributed by atoms with Crippen LogP contribution in [0.2, 0.25) is 0 Å². The summed E-state index contributed by atoms with van der Waals surface area (Å²) < 4.78 is 6.44. The number of imide groups is 1. The van der Waals surface area contributed by atoms with Crippen LogP contribution in [-0.2, 0) is 11.4 Å². The summed E-state index contributed by atoms with van der Waals surface area (Å²) in [6.07, 6.45) is 3.10. The van der Waals surface area contributed by atoms with Gasteiger partial charge in [-0.05, 0) is 70.6 Å². The number of nitrogens with one attached hydrogen (secondary N) is 2. The molecule has 5 rings (SSSR count). The van der Waals surface area contributed by atoms with Gasteiger partial charge in [-0.15, -0.1) is 0 Å². The average Bonchev–Trinajstić information content (AvgIpc) is 3.51. The maximum Gasteiger partial charge on any atom is 0.339 e. The van der Waals surface area contributed by atoms with Crippen LogP contribution in [0.3, 0.4) is 0 Å². The molecule has 40 heavy (non-hydrogen) atoms. The number of urea groups is 1. The van der Waals surface area contributed by atoms with Crippen molar-refractivity contribution >= 4 is 51.9 Å². The van der Waals surface area contributed by atoms with Crippen LogP contribution in [0.25, 0.3) is 17.0 Å². The van der Waals surface area contributed by atoms with E-state index in [0.29, 0.717) is 22.8 Å². The number of halogens is 1. The highest BCUT2D eigenvalue weighted by molar-refractivity contribution is 14.1. The van der Waals surface area contributed by atoms with Gasteiger partial charge in [-0.3, -0.25) is 10.1 Å². The minimum Gasteiger partial charge on any atom is -0.507 e. The molecular formula is C29H24IN3O7. The first-order valence-electron chi connectivity index (χ1n) is 12.2. The number of rotatable bonds is 6. The smallest absolute Gasteiger partial charge is 0.339 e. The first kappa shape index (κ1) is 27.2. The number of amides is 3. The molecule has 2 atom stereocenters. The predicted octanol–water partition coefficient (Wildman–Crippen LogP) is 4.90. The van der Waals surface area contributed by atoms with Gasteiger partial charge < -0.3 is 30.0 Å². The lowest BCUT2D eigenvalue weighted by atomic mass is 9.91. The number of furan rings is 1. The first-order chi connectivity index (χ1) is 19.2. The molecule has 1 aromatic heterocycles. The SMILES string of the molecule is CN1C(c2ccc(C(=O)NC(=O)Nc3cccc(-c4ccc(CO)o4)c3)cc2)=C(I)C2C=C(C(=O)O)C(O)=CC21. The molecule has 0 bridgehead atoms. The molecule has 0 saturated heterocycles. The predicted molar refractivity (Wildman–Crippen MR) is 155 cm³/mol. The van der Waals surface area contributed by atoms with Gasteiger partial charge in [0.2, 0.25) is 0 Å². The summed E-state index contributed by atoms with van der Waals surface area (Å²) in [5.41, 5.74) is 2.96. The Balaban J connectivity index is 1.26. The number of aliphatic carboxylic acids is 1. The molecule has 204 valence electrons. The number of carbonyl (C=O) groups excluding carboxylic acids is 2. The largest absolute Gasteiger partial charge is 0.507 e. The third kappa shape index (κ3) is 5.25. The first-order valence-corrected chi connectivity index (χ1v) is 13.3. The number of hydrogen-bond acceptors (Lipinski definition) is 7. The minimum absolute atomic E-state index is 0.126. The number of fused-ring (bicyclic) bond motifs is 1. The number of hydrogen-bond donors (Lipinski definition) is 5. The van der Waals surface area contributed by atoms with Crippen LogP contribution in [0.1, 0.15) is 21.7 Å². The van der Waals surface area contributed by atoms with Crippen LogP contribution in [0.15, 0.2) is 92.1 Å². The normalized spacial score (nSPS) is 18.1. The zero-order chi connectivity index (χ0) is 28.6. The van der Waals surface area contributed by atoms with Gasteiger partial charge in [0.1, 0.15) is 23.9 Å². The molecule has 1 aliphatic carbocycles. The van der Waals surface area contributed by atoms with Crippen molar-refractivity contribution in [1.82, 2.24) is 10.2 Å². The quantitative estimate of drug-likeness (QED) is 0.236. The van der Waals surface area contributed by atoms with Crippen LogP contribution in [0.5, 0.6) is 0 Å². The Kier molecular flexibility index (Phi) is 7.50. The number of aliphatic hydroxyl groups is 2. The van der Waals surface area contributed by atoms with Crippen LogP contribution in [-0.4, -0.2) is 51.2 Å². The lowest BCUT2D eigenvalue weighted by molar-refractivity contribution is -0.132. The maximum absolute atomic E-state index is 12.7. The molecule has 0 spiro atoms. The number of aliphatic hydroxyl groups excluding tert-OH is 2. The number of carboxylic acids is 1. The number of anilines is 1. The van der Waals surface area contributed by atoms with E-state index in [1.54, 1.807) is 66.7 Å². The molecule has 10 nitrogen and oxygen atoms in total. The van der Waals surface area contributed by atoms with Crippen molar-refractivity contribution in [2.45, 2.75) is 12.6 Å². The van der Waals surface area contributed by atoms with Crippen molar-refractivity contribution in [3.8, 4) is 11.3 Å². The zero-order valence-corrected chi connectivity index (χ0v) is 23.2. The van der Waals surface area contributed by atoms with E-state index in [9.17, 15) is 29.7 Å². The van der Waals surface area contributed by atoms with Gasteiger partial charge in [0.05, 0.1) is 17.3 Å². The molecule has 11 heteroatoms. The third-order valence-corrected chi connectivity index (χ3v) is 7.97. The molecule has 1 aliphatic heterocycles. The summed E-state index contributed by atoms with van der Waals surface area (Å²) >= 11 is 2.19. The fourth-order valence-electron chi connectivity index (χ4n) is 4.78. The molecule has 2 aliphatic rings. The van der Waals surface area contributed by atoms with Crippen molar-refractivity contribution < 1.29 is 34.1 Å². The van der Waals surface area contributed by atoms with Crippen molar-refractivity contribution in [2.75, 3.05) is 12.4 Å². The van der Waals surface area contributed by atoms with E-state index in [0.717, 1.165) is 14.8 Å². The number of carbonyl (C=O) groups is 3. The molecule has 0 saturated carbocycles. The molecule has 3 amide bonds. The van der Waals surface area contributed by atoms with Crippen LogP contribution in [0.4, 0.5) is 10.5 Å². The molecule has 0 radical (unpaired) electrons. The fourth-order valence-corrected chi connectivity index (χ4v) is 6.02. The van der Waals surface area contributed by atoms with Crippen LogP contribution in [0, 0.1) is 5.92 Å². The van der Waals surface area contributed by atoms with Crippen molar-refractivity contribution in [3.05, 3.63) is 105 Å². The van der Waals surface area contributed by atoms with Gasteiger partial charge >= 0.3 is 12.0 Å². The molecule has 0 fully saturated rings. The van der Waals surface area contributed by atoms with E-state index in [1.807, 2.05) is 11.9 Å². The minimum atomic E-state index is -1.19. The van der Waals surface area contributed by atoms with E-state index >= 15 is 0 Å². The Morgan fingerprint density at radius 1 is 1.02 bits per heavy atom. The summed E-state index contributed by atoms with van der Waals surface area (Å²) in [6.45, 7) is -0.217. The van der Waals surface area contributed by atoms with Gasteiger partial charge in [-0.25, -0.2) is 9.59 Å². The maximum atomic E-state index is 12.7. The second-order valence-electron chi connectivity index (χ2n) is 9.25. The summed E-state index contributed by atoms with van der Waals surface area (Å²) in [5.74, 6) is -1.30. The van der Waals surface area contributed by atoms with Crippen molar-refractivity contribution in [1.29, 1.82) is 0 Å². The highest BCUT2D eigenvalue weighted by Crippen LogP contribution is 2.46. The Bertz CT molecular complexity index is 1600. The highest BCUT2D eigenvalue weighted by atomic mass is 127. The Labute approximate surface area is 242 Å². The zero-order valence-electron chi connectivity index (χ0n) is 21.1. The number of carboxylic acid groups (broad SMARTS) is 1. The Hall–Kier alpha value is -4.36. The second-order valence-corrected chi connectivity index (χ2v) is 10.4. The van der Waals surface area contributed by atoms with E-state index < -0.39 is 17.9 Å². The molecule has 5 N–H and O–H groups in total. The topological polar surface area (TPSA) is 152 Å². The van der Waals surface area contributed by atoms with E-state index in [4.69, 9.17) is 4.42 Å². The highest BCUT2D eigenvalue weighted by Gasteiger charge is 2.40.